The Balaban J connectivity index is 1.50. The maximum atomic E-state index is 12.4. The van der Waals surface area contributed by atoms with Crippen molar-refractivity contribution >= 4 is 21.8 Å². The van der Waals surface area contributed by atoms with Crippen LogP contribution in [0.5, 0.6) is 0 Å². The fraction of sp³-hybridized carbons (Fsp3) is 0.500. The van der Waals surface area contributed by atoms with Crippen molar-refractivity contribution in [3.05, 3.63) is 34.6 Å². The van der Waals surface area contributed by atoms with Gasteiger partial charge >= 0.3 is 0 Å². The zero-order valence-corrected chi connectivity index (χ0v) is 15.0. The molecule has 4 rings (SSSR count). The summed E-state index contributed by atoms with van der Waals surface area (Å²) >= 11 is 3.45. The maximum absolute atomic E-state index is 12.4. The standard InChI is InChI=1S/C18H20BrN3O2/c19-14-6-4-5-12(9-14)18-20-17(21-24-18)13-10-16(23)22(11-13)15-7-2-1-3-8-15/h4-6,9,13,15H,1-3,7-8,10-11H2/t13-/m1/s1. The molecule has 1 aromatic carbocycles. The number of hydrogen-bond acceptors (Lipinski definition) is 4. The lowest BCUT2D eigenvalue weighted by atomic mass is 9.94. The van der Waals surface area contributed by atoms with E-state index in [2.05, 4.69) is 31.0 Å². The van der Waals surface area contributed by atoms with Crippen molar-refractivity contribution in [3.63, 3.8) is 0 Å². The fourth-order valence-electron chi connectivity index (χ4n) is 3.79. The second-order valence-electron chi connectivity index (χ2n) is 6.71. The summed E-state index contributed by atoms with van der Waals surface area (Å²) in [5, 5.41) is 4.14. The summed E-state index contributed by atoms with van der Waals surface area (Å²) in [6.45, 7) is 0.723. The van der Waals surface area contributed by atoms with Gasteiger partial charge in [0.25, 0.3) is 5.89 Å². The molecule has 1 saturated heterocycles. The van der Waals surface area contributed by atoms with Crippen molar-refractivity contribution in [1.82, 2.24) is 15.0 Å². The van der Waals surface area contributed by atoms with Gasteiger partial charge in [0.2, 0.25) is 5.91 Å². The molecule has 2 aromatic rings. The summed E-state index contributed by atoms with van der Waals surface area (Å²) in [6.07, 6.45) is 6.52. The van der Waals surface area contributed by atoms with E-state index in [4.69, 9.17) is 4.52 Å². The van der Waals surface area contributed by atoms with E-state index in [1.165, 1.54) is 19.3 Å². The van der Waals surface area contributed by atoms with Crippen LogP contribution < -0.4 is 0 Å². The zero-order chi connectivity index (χ0) is 16.5. The summed E-state index contributed by atoms with van der Waals surface area (Å²) in [4.78, 5) is 19.0. The monoisotopic (exact) mass is 389 g/mol. The van der Waals surface area contributed by atoms with Gasteiger partial charge in [-0.2, -0.15) is 4.98 Å². The number of likely N-dealkylation sites (tertiary alicyclic amines) is 1. The van der Waals surface area contributed by atoms with Crippen molar-refractivity contribution in [3.8, 4) is 11.5 Å². The molecule has 2 fully saturated rings. The number of amides is 1. The molecule has 2 heterocycles. The van der Waals surface area contributed by atoms with Crippen LogP contribution in [0.2, 0.25) is 0 Å². The van der Waals surface area contributed by atoms with Crippen LogP contribution in [-0.4, -0.2) is 33.5 Å². The van der Waals surface area contributed by atoms with E-state index in [0.29, 0.717) is 24.2 Å². The largest absolute Gasteiger partial charge is 0.339 e. The van der Waals surface area contributed by atoms with Crippen molar-refractivity contribution in [2.75, 3.05) is 6.54 Å². The van der Waals surface area contributed by atoms with E-state index >= 15 is 0 Å². The third-order valence-electron chi connectivity index (χ3n) is 5.05. The first-order valence-corrected chi connectivity index (χ1v) is 9.39. The number of carbonyl (C=O) groups is 1. The van der Waals surface area contributed by atoms with Gasteiger partial charge in [-0.05, 0) is 31.0 Å². The summed E-state index contributed by atoms with van der Waals surface area (Å²) in [7, 11) is 0. The molecule has 0 N–H and O–H groups in total. The second kappa shape index (κ2) is 6.67. The van der Waals surface area contributed by atoms with E-state index in [9.17, 15) is 4.79 Å². The lowest BCUT2D eigenvalue weighted by Crippen LogP contribution is -2.37. The Labute approximate surface area is 149 Å². The third kappa shape index (κ3) is 3.11. The van der Waals surface area contributed by atoms with Crippen molar-refractivity contribution < 1.29 is 9.32 Å². The number of nitrogens with zero attached hydrogens (tertiary/aromatic N) is 3. The topological polar surface area (TPSA) is 59.2 Å². The Morgan fingerprint density at radius 2 is 2.04 bits per heavy atom. The van der Waals surface area contributed by atoms with E-state index in [1.807, 2.05) is 24.3 Å². The Bertz CT molecular complexity index is 739. The van der Waals surface area contributed by atoms with Gasteiger partial charge in [0.15, 0.2) is 5.82 Å². The van der Waals surface area contributed by atoms with Crippen LogP contribution in [-0.2, 0) is 4.79 Å². The molecule has 0 spiro atoms. The average Bonchev–Trinajstić information content (AvgIpc) is 3.22. The van der Waals surface area contributed by atoms with E-state index in [-0.39, 0.29) is 11.8 Å². The van der Waals surface area contributed by atoms with Crippen LogP contribution in [0.15, 0.2) is 33.3 Å². The molecule has 126 valence electrons. The molecule has 0 unspecified atom stereocenters. The summed E-state index contributed by atoms with van der Waals surface area (Å²) in [5.41, 5.74) is 0.886. The number of rotatable bonds is 3. The highest BCUT2D eigenvalue weighted by molar-refractivity contribution is 9.10. The molecule has 1 atom stereocenters. The molecular weight excluding hydrogens is 370 g/mol. The predicted octanol–water partition coefficient (Wildman–Crippen LogP) is 4.15. The highest BCUT2D eigenvalue weighted by Crippen LogP contribution is 2.33. The molecule has 0 radical (unpaired) electrons. The van der Waals surface area contributed by atoms with E-state index < -0.39 is 0 Å². The number of halogens is 1. The molecule has 1 aliphatic heterocycles. The maximum Gasteiger partial charge on any atom is 0.257 e. The van der Waals surface area contributed by atoms with Gasteiger partial charge in [-0.1, -0.05) is 46.4 Å². The van der Waals surface area contributed by atoms with Gasteiger partial charge in [0.1, 0.15) is 0 Å². The van der Waals surface area contributed by atoms with Crippen LogP contribution >= 0.6 is 15.9 Å². The lowest BCUT2D eigenvalue weighted by Gasteiger charge is -2.31. The quantitative estimate of drug-likeness (QED) is 0.790. The average molecular weight is 390 g/mol. The summed E-state index contributed by atoms with van der Waals surface area (Å²) in [6, 6.07) is 8.19. The number of carbonyl (C=O) groups excluding carboxylic acids is 1. The minimum Gasteiger partial charge on any atom is -0.339 e. The summed E-state index contributed by atoms with van der Waals surface area (Å²) in [5.74, 6) is 1.44. The Morgan fingerprint density at radius 1 is 1.21 bits per heavy atom. The Hall–Kier alpha value is -1.69. The van der Waals surface area contributed by atoms with Crippen LogP contribution in [0, 0.1) is 0 Å². The van der Waals surface area contributed by atoms with Crippen LogP contribution in [0.3, 0.4) is 0 Å². The first kappa shape index (κ1) is 15.8. The van der Waals surface area contributed by atoms with E-state index in [1.54, 1.807) is 0 Å². The lowest BCUT2D eigenvalue weighted by molar-refractivity contribution is -0.130. The molecule has 2 aliphatic rings. The molecule has 5 nitrogen and oxygen atoms in total. The SMILES string of the molecule is O=C1C[C@@H](c2noc(-c3cccc(Br)c3)n2)CN1C1CCCCC1. The normalized spacial score (nSPS) is 22.3. The molecular formula is C18H20BrN3O2. The van der Waals surface area contributed by atoms with Crippen molar-refractivity contribution in [2.45, 2.75) is 50.5 Å². The Kier molecular flexibility index (Phi) is 4.39. The van der Waals surface area contributed by atoms with Gasteiger partial charge in [0.05, 0.1) is 0 Å². The number of aromatic nitrogens is 2. The summed E-state index contributed by atoms with van der Waals surface area (Å²) < 4.78 is 6.39. The van der Waals surface area contributed by atoms with Gasteiger partial charge in [0, 0.05) is 35.0 Å². The second-order valence-corrected chi connectivity index (χ2v) is 7.62. The van der Waals surface area contributed by atoms with E-state index in [0.717, 1.165) is 29.4 Å². The first-order valence-electron chi connectivity index (χ1n) is 8.60. The predicted molar refractivity (Wildman–Crippen MR) is 93.4 cm³/mol. The highest BCUT2D eigenvalue weighted by atomic mass is 79.9. The van der Waals surface area contributed by atoms with Gasteiger partial charge < -0.3 is 9.42 Å². The molecule has 1 aliphatic carbocycles. The van der Waals surface area contributed by atoms with Crippen molar-refractivity contribution in [2.24, 2.45) is 0 Å². The Morgan fingerprint density at radius 3 is 2.83 bits per heavy atom. The number of hydrogen-bond donors (Lipinski definition) is 0. The van der Waals surface area contributed by atoms with Gasteiger partial charge in [-0.15, -0.1) is 0 Å². The van der Waals surface area contributed by atoms with Crippen LogP contribution in [0.1, 0.15) is 50.3 Å². The third-order valence-corrected chi connectivity index (χ3v) is 5.55. The molecule has 1 aromatic heterocycles. The fourth-order valence-corrected chi connectivity index (χ4v) is 4.19. The molecule has 1 saturated carbocycles. The minimum absolute atomic E-state index is 0.0454. The smallest absolute Gasteiger partial charge is 0.257 e. The zero-order valence-electron chi connectivity index (χ0n) is 13.4. The van der Waals surface area contributed by atoms with Gasteiger partial charge in [-0.3, -0.25) is 4.79 Å². The molecule has 1 amide bonds. The van der Waals surface area contributed by atoms with Crippen LogP contribution in [0.4, 0.5) is 0 Å². The van der Waals surface area contributed by atoms with Crippen LogP contribution in [0.25, 0.3) is 11.5 Å². The highest BCUT2D eigenvalue weighted by Gasteiger charge is 2.37. The van der Waals surface area contributed by atoms with Crippen molar-refractivity contribution in [1.29, 1.82) is 0 Å². The number of benzene rings is 1. The minimum atomic E-state index is 0.0454. The van der Waals surface area contributed by atoms with Gasteiger partial charge in [-0.25, -0.2) is 0 Å². The molecule has 24 heavy (non-hydrogen) atoms. The molecule has 6 heteroatoms. The first-order chi connectivity index (χ1) is 11.7. The molecule has 0 bridgehead atoms.